The van der Waals surface area contributed by atoms with Gasteiger partial charge in [-0.3, -0.25) is 14.9 Å². The lowest BCUT2D eigenvalue weighted by Gasteiger charge is -2.23. The largest absolute Gasteiger partial charge is 0.466 e. The van der Waals surface area contributed by atoms with E-state index in [1.807, 2.05) is 0 Å². The summed E-state index contributed by atoms with van der Waals surface area (Å²) in [5.41, 5.74) is -1.62. The van der Waals surface area contributed by atoms with Crippen molar-refractivity contribution in [1.82, 2.24) is 0 Å². The van der Waals surface area contributed by atoms with Crippen LogP contribution in [0.1, 0.15) is 30.6 Å². The van der Waals surface area contributed by atoms with Crippen molar-refractivity contribution in [2.45, 2.75) is 25.9 Å². The maximum atomic E-state index is 11.6. The van der Waals surface area contributed by atoms with Crippen LogP contribution in [0.25, 0.3) is 0 Å². The first-order valence-electron chi connectivity index (χ1n) is 7.19. The third kappa shape index (κ3) is 5.51. The highest BCUT2D eigenvalue weighted by atomic mass is 16.6. The highest BCUT2D eigenvalue weighted by molar-refractivity contribution is 5.95. The second-order valence-electron chi connectivity index (χ2n) is 5.31. The Balaban J connectivity index is 2.86. The van der Waals surface area contributed by atoms with Crippen LogP contribution >= 0.6 is 0 Å². The van der Waals surface area contributed by atoms with Gasteiger partial charge >= 0.3 is 11.9 Å². The lowest BCUT2D eigenvalue weighted by atomic mass is 10.0. The van der Waals surface area contributed by atoms with Gasteiger partial charge in [0.15, 0.2) is 0 Å². The van der Waals surface area contributed by atoms with Crippen molar-refractivity contribution < 1.29 is 29.1 Å². The van der Waals surface area contributed by atoms with E-state index in [0.29, 0.717) is 5.69 Å². The van der Waals surface area contributed by atoms with E-state index in [4.69, 9.17) is 4.74 Å². The average molecular weight is 340 g/mol. The lowest BCUT2D eigenvalue weighted by molar-refractivity contribution is -0.385. The summed E-state index contributed by atoms with van der Waals surface area (Å²) in [6, 6.07) is 3.81. The first-order chi connectivity index (χ1) is 11.2. The molecule has 24 heavy (non-hydrogen) atoms. The van der Waals surface area contributed by atoms with Crippen LogP contribution in [0.4, 0.5) is 11.4 Å². The third-order valence-corrected chi connectivity index (χ3v) is 3.10. The number of nitro benzene ring substituents is 1. The highest BCUT2D eigenvalue weighted by Crippen LogP contribution is 2.24. The number of nitro groups is 1. The zero-order valence-corrected chi connectivity index (χ0v) is 13.7. The van der Waals surface area contributed by atoms with E-state index in [1.54, 1.807) is 6.92 Å². The van der Waals surface area contributed by atoms with Crippen molar-refractivity contribution in [2.75, 3.05) is 25.6 Å². The summed E-state index contributed by atoms with van der Waals surface area (Å²) >= 11 is 0. The van der Waals surface area contributed by atoms with Crippen molar-refractivity contribution in [3.63, 3.8) is 0 Å². The number of hydrogen-bond donors (Lipinski definition) is 2. The van der Waals surface area contributed by atoms with E-state index in [2.05, 4.69) is 10.1 Å². The number of anilines is 1. The number of nitrogens with one attached hydrogen (secondary N) is 1. The number of ether oxygens (including phenoxy) is 2. The van der Waals surface area contributed by atoms with Crippen LogP contribution in [0.5, 0.6) is 0 Å². The normalized spacial score (nSPS) is 12.8. The van der Waals surface area contributed by atoms with E-state index in [0.717, 1.165) is 13.2 Å². The molecule has 1 unspecified atom stereocenters. The Bertz CT molecular complexity index is 628. The number of aliphatic hydroxyl groups is 1. The van der Waals surface area contributed by atoms with Crippen molar-refractivity contribution in [1.29, 1.82) is 0 Å². The molecule has 0 saturated heterocycles. The van der Waals surface area contributed by atoms with Crippen LogP contribution in [-0.4, -0.2) is 47.8 Å². The Morgan fingerprint density at radius 1 is 1.42 bits per heavy atom. The molecule has 9 heteroatoms. The molecule has 0 radical (unpaired) electrons. The van der Waals surface area contributed by atoms with Crippen molar-refractivity contribution in [3.8, 4) is 0 Å². The maximum Gasteiger partial charge on any atom is 0.344 e. The molecule has 0 fully saturated rings. The number of carbonyl (C=O) groups excluding carboxylic acids is 2. The topological polar surface area (TPSA) is 128 Å². The SMILES string of the molecule is CCOC(=O)CC(C)(O)CNc1ccc([N+](=O)[O-])c(C(=O)OC)c1. The minimum absolute atomic E-state index is 0.0236. The number of benzene rings is 1. The van der Waals surface area contributed by atoms with Gasteiger partial charge < -0.3 is 19.9 Å². The zero-order chi connectivity index (χ0) is 18.3. The maximum absolute atomic E-state index is 11.6. The van der Waals surface area contributed by atoms with Gasteiger partial charge in [-0.05, 0) is 26.0 Å². The Kier molecular flexibility index (Phi) is 6.66. The first-order valence-corrected chi connectivity index (χ1v) is 7.19. The molecule has 0 aromatic heterocycles. The summed E-state index contributed by atoms with van der Waals surface area (Å²) in [5.74, 6) is -1.38. The predicted octanol–water partition coefficient (Wildman–Crippen LogP) is 1.50. The molecule has 1 atom stereocenters. The van der Waals surface area contributed by atoms with Crippen molar-refractivity contribution in [3.05, 3.63) is 33.9 Å². The van der Waals surface area contributed by atoms with Crippen LogP contribution < -0.4 is 5.32 Å². The van der Waals surface area contributed by atoms with Gasteiger partial charge in [0.1, 0.15) is 5.56 Å². The molecule has 1 aromatic carbocycles. The zero-order valence-electron chi connectivity index (χ0n) is 13.7. The van der Waals surface area contributed by atoms with Gasteiger partial charge in [-0.15, -0.1) is 0 Å². The number of nitrogens with zero attached hydrogens (tertiary/aromatic N) is 1. The predicted molar refractivity (Wildman–Crippen MR) is 84.8 cm³/mol. The molecule has 1 aromatic rings. The summed E-state index contributed by atoms with van der Waals surface area (Å²) in [6.45, 7) is 3.30. The van der Waals surface area contributed by atoms with E-state index < -0.39 is 22.5 Å². The molecule has 0 aliphatic rings. The molecule has 9 nitrogen and oxygen atoms in total. The second-order valence-corrected chi connectivity index (χ2v) is 5.31. The number of esters is 2. The minimum atomic E-state index is -1.39. The molecule has 0 aliphatic carbocycles. The Morgan fingerprint density at radius 3 is 2.62 bits per heavy atom. The van der Waals surface area contributed by atoms with E-state index in [1.165, 1.54) is 19.1 Å². The van der Waals surface area contributed by atoms with Gasteiger partial charge in [0.05, 0.1) is 30.7 Å². The summed E-state index contributed by atoms with van der Waals surface area (Å²) in [7, 11) is 1.12. The second kappa shape index (κ2) is 8.25. The van der Waals surface area contributed by atoms with Crippen LogP contribution in [0.2, 0.25) is 0 Å². The average Bonchev–Trinajstić information content (AvgIpc) is 2.51. The fourth-order valence-electron chi connectivity index (χ4n) is 1.96. The third-order valence-electron chi connectivity index (χ3n) is 3.10. The fourth-order valence-corrected chi connectivity index (χ4v) is 1.96. The molecule has 0 aliphatic heterocycles. The van der Waals surface area contributed by atoms with Crippen LogP contribution in [-0.2, 0) is 14.3 Å². The summed E-state index contributed by atoms with van der Waals surface area (Å²) < 4.78 is 9.30. The minimum Gasteiger partial charge on any atom is -0.466 e. The molecule has 0 saturated carbocycles. The van der Waals surface area contributed by atoms with Crippen LogP contribution in [0.3, 0.4) is 0 Å². The molecule has 2 N–H and O–H groups in total. The van der Waals surface area contributed by atoms with Crippen molar-refractivity contribution >= 4 is 23.3 Å². The Hall–Kier alpha value is -2.68. The van der Waals surface area contributed by atoms with Gasteiger partial charge in [0.2, 0.25) is 0 Å². The first kappa shape index (κ1) is 19.4. The van der Waals surface area contributed by atoms with E-state index in [-0.39, 0.29) is 30.8 Å². The molecular weight excluding hydrogens is 320 g/mol. The number of hydrogen-bond acceptors (Lipinski definition) is 8. The molecule has 132 valence electrons. The van der Waals surface area contributed by atoms with Crippen LogP contribution in [0.15, 0.2) is 18.2 Å². The summed E-state index contributed by atoms with van der Waals surface area (Å²) in [4.78, 5) is 33.3. The molecule has 0 spiro atoms. The molecule has 1 rings (SSSR count). The fraction of sp³-hybridized carbons (Fsp3) is 0.467. The Morgan fingerprint density at radius 2 is 2.08 bits per heavy atom. The van der Waals surface area contributed by atoms with Gasteiger partial charge in [-0.25, -0.2) is 4.79 Å². The summed E-state index contributed by atoms with van der Waals surface area (Å²) in [6.07, 6.45) is -0.218. The lowest BCUT2D eigenvalue weighted by Crippen LogP contribution is -2.36. The monoisotopic (exact) mass is 340 g/mol. The standard InChI is InChI=1S/C15H20N2O7/c1-4-24-13(18)8-15(2,20)9-16-10-5-6-12(17(21)22)11(7-10)14(19)23-3/h5-7,16,20H,4,8-9H2,1-3H3. The number of rotatable bonds is 8. The molecular formula is C15H20N2O7. The van der Waals surface area contributed by atoms with Gasteiger partial charge in [0, 0.05) is 18.3 Å². The molecule has 0 bridgehead atoms. The quantitative estimate of drug-likeness (QED) is 0.414. The smallest absolute Gasteiger partial charge is 0.344 e. The number of methoxy groups -OCH3 is 1. The highest BCUT2D eigenvalue weighted by Gasteiger charge is 2.26. The number of carbonyl (C=O) groups is 2. The van der Waals surface area contributed by atoms with Gasteiger partial charge in [-0.1, -0.05) is 0 Å². The molecule has 0 amide bonds. The van der Waals surface area contributed by atoms with Gasteiger partial charge in [0.25, 0.3) is 5.69 Å². The van der Waals surface area contributed by atoms with E-state index >= 15 is 0 Å². The summed E-state index contributed by atoms with van der Waals surface area (Å²) in [5, 5.41) is 23.9. The van der Waals surface area contributed by atoms with Gasteiger partial charge in [-0.2, -0.15) is 0 Å². The van der Waals surface area contributed by atoms with Crippen molar-refractivity contribution in [2.24, 2.45) is 0 Å². The Labute approximate surface area is 138 Å². The molecule has 0 heterocycles. The van der Waals surface area contributed by atoms with E-state index in [9.17, 15) is 24.8 Å². The van der Waals surface area contributed by atoms with Crippen LogP contribution in [0, 0.1) is 10.1 Å².